The number of ether oxygens (including phenoxy) is 2. The van der Waals surface area contributed by atoms with E-state index < -0.39 is 0 Å². The van der Waals surface area contributed by atoms with Crippen LogP contribution in [0.15, 0.2) is 30.3 Å². The van der Waals surface area contributed by atoms with Crippen molar-refractivity contribution < 1.29 is 23.8 Å². The third-order valence-corrected chi connectivity index (χ3v) is 3.49. The summed E-state index contributed by atoms with van der Waals surface area (Å²) >= 11 is 0. The van der Waals surface area contributed by atoms with Gasteiger partial charge in [-0.05, 0) is 11.5 Å². The minimum absolute atomic E-state index is 0.246. The van der Waals surface area contributed by atoms with Gasteiger partial charge in [0.2, 0.25) is 5.69 Å². The molecule has 5 heteroatoms. The first kappa shape index (κ1) is 15.1. The second kappa shape index (κ2) is 6.43. The predicted octanol–water partition coefficient (Wildman–Crippen LogP) is 1.55. The Morgan fingerprint density at radius 1 is 1.24 bits per heavy atom. The number of pyridine rings is 1. The molecular formula is C16H20NO4+. The summed E-state index contributed by atoms with van der Waals surface area (Å²) in [5.74, 6) is 0.0692. The van der Waals surface area contributed by atoms with E-state index in [1.165, 1.54) is 7.11 Å². The summed E-state index contributed by atoms with van der Waals surface area (Å²) in [5, 5.41) is 2.06. The van der Waals surface area contributed by atoms with Gasteiger partial charge in [0.25, 0.3) is 0 Å². The van der Waals surface area contributed by atoms with Gasteiger partial charge in [0.1, 0.15) is 7.11 Å². The van der Waals surface area contributed by atoms with Gasteiger partial charge in [-0.1, -0.05) is 25.1 Å². The maximum Gasteiger partial charge on any atom is 0.417 e. The van der Waals surface area contributed by atoms with Crippen molar-refractivity contribution in [1.82, 2.24) is 0 Å². The highest BCUT2D eigenvalue weighted by atomic mass is 16.7. The fourth-order valence-electron chi connectivity index (χ4n) is 2.43. The molecule has 0 bridgehead atoms. The lowest BCUT2D eigenvalue weighted by molar-refractivity contribution is -0.891. The van der Waals surface area contributed by atoms with Crippen molar-refractivity contribution >= 4 is 16.7 Å². The lowest BCUT2D eigenvalue weighted by atomic mass is 10.0. The lowest BCUT2D eigenvalue weighted by Crippen LogP contribution is -2.46. The highest BCUT2D eigenvalue weighted by Gasteiger charge is 2.28. The van der Waals surface area contributed by atoms with Crippen LogP contribution in [0.1, 0.15) is 12.6 Å². The highest BCUT2D eigenvalue weighted by Crippen LogP contribution is 2.22. The van der Waals surface area contributed by atoms with Crippen LogP contribution in [0.3, 0.4) is 0 Å². The van der Waals surface area contributed by atoms with Crippen LogP contribution in [0.5, 0.6) is 5.88 Å². The summed E-state index contributed by atoms with van der Waals surface area (Å²) in [6.07, 6.45) is 0.498. The van der Waals surface area contributed by atoms with E-state index in [2.05, 4.69) is 0 Å². The van der Waals surface area contributed by atoms with Gasteiger partial charge < -0.3 is 9.47 Å². The smallest absolute Gasteiger partial charge is 0.417 e. The molecule has 0 saturated carbocycles. The standard InChI is InChI=1S/C16H20NO4/c1-11(16(18)20-3)9-14-13-8-6-5-7-12(13)10-15(19-2)17(14)21-4/h5-8,10-11H,9H2,1-4H3/q+1. The van der Waals surface area contributed by atoms with E-state index in [1.807, 2.05) is 37.3 Å². The van der Waals surface area contributed by atoms with Gasteiger partial charge in [-0.15, -0.1) is 0 Å². The summed E-state index contributed by atoms with van der Waals surface area (Å²) in [7, 11) is 4.56. The maximum atomic E-state index is 11.7. The molecule has 1 aromatic heterocycles. The molecule has 5 nitrogen and oxygen atoms in total. The van der Waals surface area contributed by atoms with Crippen molar-refractivity contribution in [2.75, 3.05) is 21.3 Å². The van der Waals surface area contributed by atoms with E-state index in [0.717, 1.165) is 16.5 Å². The molecule has 0 aliphatic carbocycles. The molecule has 2 aromatic rings. The average molecular weight is 290 g/mol. The molecule has 0 saturated heterocycles. The molecule has 1 atom stereocenters. The molecule has 0 N–H and O–H groups in total. The topological polar surface area (TPSA) is 48.6 Å². The minimum atomic E-state index is -0.271. The number of esters is 1. The summed E-state index contributed by atoms with van der Waals surface area (Å²) in [4.78, 5) is 17.1. The summed E-state index contributed by atoms with van der Waals surface area (Å²) in [5.41, 5.74) is 0.880. The van der Waals surface area contributed by atoms with Crippen LogP contribution >= 0.6 is 0 Å². The number of carbonyl (C=O) groups is 1. The molecule has 0 amide bonds. The van der Waals surface area contributed by atoms with E-state index in [4.69, 9.17) is 14.3 Å². The summed E-state index contributed by atoms with van der Waals surface area (Å²) < 4.78 is 11.8. The van der Waals surface area contributed by atoms with Gasteiger partial charge in [-0.2, -0.15) is 0 Å². The molecule has 2 rings (SSSR count). The molecule has 112 valence electrons. The number of aromatic nitrogens is 1. The Balaban J connectivity index is 2.60. The molecular weight excluding hydrogens is 270 g/mol. The van der Waals surface area contributed by atoms with Gasteiger partial charge in [-0.3, -0.25) is 9.63 Å². The van der Waals surface area contributed by atoms with Crippen molar-refractivity contribution in [3.63, 3.8) is 0 Å². The average Bonchev–Trinajstić information content (AvgIpc) is 2.53. The monoisotopic (exact) mass is 290 g/mol. The van der Waals surface area contributed by atoms with Crippen LogP contribution in [0.25, 0.3) is 10.8 Å². The third-order valence-electron chi connectivity index (χ3n) is 3.49. The number of carbonyl (C=O) groups excluding carboxylic acids is 1. The fourth-order valence-corrected chi connectivity index (χ4v) is 2.43. The van der Waals surface area contributed by atoms with Crippen molar-refractivity contribution in [2.45, 2.75) is 13.3 Å². The van der Waals surface area contributed by atoms with E-state index in [9.17, 15) is 4.79 Å². The number of methoxy groups -OCH3 is 2. The maximum absolute atomic E-state index is 11.7. The SMILES string of the molecule is COC(=O)C(C)Cc1c2ccccc2cc(OC)[n+]1OC. The molecule has 0 aliphatic heterocycles. The molecule has 0 fully saturated rings. The summed E-state index contributed by atoms with van der Waals surface area (Å²) in [6, 6.07) is 9.84. The molecule has 21 heavy (non-hydrogen) atoms. The van der Waals surface area contributed by atoms with Crippen LogP contribution in [-0.2, 0) is 16.0 Å². The summed E-state index contributed by atoms with van der Waals surface area (Å²) in [6.45, 7) is 1.83. The van der Waals surface area contributed by atoms with Gasteiger partial charge in [0.15, 0.2) is 0 Å². The Hall–Kier alpha value is -2.30. The number of fused-ring (bicyclic) bond motifs is 1. The van der Waals surface area contributed by atoms with Gasteiger partial charge >= 0.3 is 11.8 Å². The first-order chi connectivity index (χ1) is 10.1. The van der Waals surface area contributed by atoms with Crippen molar-refractivity contribution in [1.29, 1.82) is 0 Å². The highest BCUT2D eigenvalue weighted by molar-refractivity contribution is 5.84. The molecule has 1 heterocycles. The number of hydrogen-bond donors (Lipinski definition) is 0. The number of benzene rings is 1. The van der Waals surface area contributed by atoms with Crippen molar-refractivity contribution in [2.24, 2.45) is 5.92 Å². The van der Waals surface area contributed by atoms with E-state index in [-0.39, 0.29) is 11.9 Å². The minimum Gasteiger partial charge on any atom is -0.469 e. The van der Waals surface area contributed by atoms with E-state index >= 15 is 0 Å². The van der Waals surface area contributed by atoms with Crippen LogP contribution in [0.4, 0.5) is 0 Å². The number of nitrogens with zero attached hydrogens (tertiary/aromatic N) is 1. The Kier molecular flexibility index (Phi) is 4.62. The van der Waals surface area contributed by atoms with Gasteiger partial charge in [-0.25, -0.2) is 0 Å². The van der Waals surface area contributed by atoms with Crippen LogP contribution < -0.4 is 14.3 Å². The van der Waals surface area contributed by atoms with Crippen molar-refractivity contribution in [3.8, 4) is 5.88 Å². The van der Waals surface area contributed by atoms with E-state index in [1.54, 1.807) is 19.0 Å². The fraction of sp³-hybridized carbons (Fsp3) is 0.375. The lowest BCUT2D eigenvalue weighted by Gasteiger charge is -2.11. The number of rotatable bonds is 5. The van der Waals surface area contributed by atoms with Crippen LogP contribution in [-0.4, -0.2) is 27.3 Å². The quantitative estimate of drug-likeness (QED) is 0.619. The first-order valence-corrected chi connectivity index (χ1v) is 6.75. The zero-order valence-electron chi connectivity index (χ0n) is 12.8. The molecule has 1 unspecified atom stereocenters. The molecule has 1 aromatic carbocycles. The third kappa shape index (κ3) is 2.91. The predicted molar refractivity (Wildman–Crippen MR) is 78.1 cm³/mol. The Morgan fingerprint density at radius 3 is 2.57 bits per heavy atom. The second-order valence-corrected chi connectivity index (χ2v) is 4.83. The van der Waals surface area contributed by atoms with Crippen LogP contribution in [0, 0.1) is 5.92 Å². The van der Waals surface area contributed by atoms with Gasteiger partial charge in [0.05, 0.1) is 42.7 Å². The first-order valence-electron chi connectivity index (χ1n) is 6.75. The largest absolute Gasteiger partial charge is 0.469 e. The molecule has 0 radical (unpaired) electrons. The zero-order chi connectivity index (χ0) is 15.4. The van der Waals surface area contributed by atoms with Crippen molar-refractivity contribution in [3.05, 3.63) is 36.0 Å². The normalized spacial score (nSPS) is 12.0. The Labute approximate surface area is 124 Å². The van der Waals surface area contributed by atoms with E-state index in [0.29, 0.717) is 12.3 Å². The van der Waals surface area contributed by atoms with Gasteiger partial charge in [0, 0.05) is 0 Å². The Morgan fingerprint density at radius 2 is 1.95 bits per heavy atom. The molecule has 0 spiro atoms. The Bertz CT molecular complexity index is 654. The molecule has 0 aliphatic rings. The zero-order valence-corrected chi connectivity index (χ0v) is 12.8. The second-order valence-electron chi connectivity index (χ2n) is 4.83. The van der Waals surface area contributed by atoms with Crippen LogP contribution in [0.2, 0.25) is 0 Å². The number of hydrogen-bond acceptors (Lipinski definition) is 4.